The predicted molar refractivity (Wildman–Crippen MR) is 81.6 cm³/mol. The molecule has 1 aliphatic heterocycles. The lowest BCUT2D eigenvalue weighted by Gasteiger charge is -2.27. The normalized spacial score (nSPS) is 21.1. The number of nitrogens with zero attached hydrogens (tertiary/aromatic N) is 1. The number of hydrogen-bond donors (Lipinski definition) is 1. The minimum Gasteiger partial charge on any atom is -0.481 e. The third-order valence-electron chi connectivity index (χ3n) is 4.48. The summed E-state index contributed by atoms with van der Waals surface area (Å²) in [4.78, 5) is 24.3. The van der Waals surface area contributed by atoms with Crippen LogP contribution in [0.5, 0.6) is 0 Å². The Morgan fingerprint density at radius 3 is 2.25 bits per heavy atom. The highest BCUT2D eigenvalue weighted by Gasteiger charge is 2.64. The van der Waals surface area contributed by atoms with E-state index in [2.05, 4.69) is 0 Å². The lowest BCUT2D eigenvalue weighted by atomic mass is 9.86. The molecule has 1 saturated heterocycles. The maximum atomic E-state index is 13.1. The predicted octanol–water partition coefficient (Wildman–Crippen LogP) is 3.10. The van der Waals surface area contributed by atoms with Gasteiger partial charge in [0.2, 0.25) is 5.91 Å². The van der Waals surface area contributed by atoms with Gasteiger partial charge < -0.3 is 10.0 Å². The molecule has 2 rings (SSSR count). The van der Waals surface area contributed by atoms with Crippen molar-refractivity contribution < 1.29 is 27.9 Å². The zero-order chi connectivity index (χ0) is 18.1. The van der Waals surface area contributed by atoms with Crippen molar-refractivity contribution in [1.29, 1.82) is 0 Å². The first-order valence-electron chi connectivity index (χ1n) is 7.70. The Hall–Kier alpha value is -2.05. The number of hydrogen-bond acceptors (Lipinski definition) is 2. The van der Waals surface area contributed by atoms with Crippen molar-refractivity contribution in [3.05, 3.63) is 34.9 Å². The molecule has 1 heterocycles. The first-order chi connectivity index (χ1) is 11.0. The number of carboxylic acids is 1. The number of carboxylic acid groups (broad SMARTS) is 1. The number of likely N-dealkylation sites (tertiary alicyclic amines) is 1. The Morgan fingerprint density at radius 2 is 1.79 bits per heavy atom. The number of halogens is 3. The summed E-state index contributed by atoms with van der Waals surface area (Å²) in [6.45, 7) is 2.88. The van der Waals surface area contributed by atoms with E-state index in [1.807, 2.05) is 32.0 Å². The average molecular weight is 343 g/mol. The van der Waals surface area contributed by atoms with Crippen LogP contribution in [0.25, 0.3) is 0 Å². The maximum absolute atomic E-state index is 13.1. The van der Waals surface area contributed by atoms with Crippen molar-refractivity contribution in [3.63, 3.8) is 0 Å². The van der Waals surface area contributed by atoms with Crippen molar-refractivity contribution >= 4 is 11.9 Å². The van der Waals surface area contributed by atoms with Crippen molar-refractivity contribution in [2.45, 2.75) is 39.3 Å². The van der Waals surface area contributed by atoms with Crippen molar-refractivity contribution in [2.75, 3.05) is 13.1 Å². The zero-order valence-electron chi connectivity index (χ0n) is 13.6. The molecule has 1 fully saturated rings. The van der Waals surface area contributed by atoms with Crippen LogP contribution in [0.1, 0.15) is 29.5 Å². The number of alkyl halides is 3. The Morgan fingerprint density at radius 1 is 1.21 bits per heavy atom. The van der Waals surface area contributed by atoms with Crippen molar-refractivity contribution in [2.24, 2.45) is 5.41 Å². The second-order valence-corrected chi connectivity index (χ2v) is 6.45. The summed E-state index contributed by atoms with van der Waals surface area (Å²) in [6.07, 6.45) is -4.98. The van der Waals surface area contributed by atoms with E-state index in [1.54, 1.807) is 0 Å². The third kappa shape index (κ3) is 3.55. The van der Waals surface area contributed by atoms with Gasteiger partial charge in [0.1, 0.15) is 0 Å². The largest absolute Gasteiger partial charge is 0.481 e. The molecule has 0 spiro atoms. The van der Waals surface area contributed by atoms with Gasteiger partial charge in [0.25, 0.3) is 0 Å². The number of aryl methyl sites for hydroxylation is 3. The second-order valence-electron chi connectivity index (χ2n) is 6.45. The van der Waals surface area contributed by atoms with Gasteiger partial charge in [-0.3, -0.25) is 9.59 Å². The second kappa shape index (κ2) is 6.45. The summed E-state index contributed by atoms with van der Waals surface area (Å²) >= 11 is 0. The first kappa shape index (κ1) is 18.3. The van der Waals surface area contributed by atoms with E-state index in [4.69, 9.17) is 5.11 Å². The van der Waals surface area contributed by atoms with Crippen molar-refractivity contribution in [1.82, 2.24) is 4.90 Å². The highest BCUT2D eigenvalue weighted by atomic mass is 19.4. The Bertz CT molecular complexity index is 637. The van der Waals surface area contributed by atoms with Gasteiger partial charge in [-0.1, -0.05) is 29.3 Å². The summed E-state index contributed by atoms with van der Waals surface area (Å²) in [5.74, 6) is -2.36. The van der Waals surface area contributed by atoms with Gasteiger partial charge in [0.05, 0.1) is 0 Å². The van der Waals surface area contributed by atoms with Crippen LogP contribution in [0.15, 0.2) is 18.2 Å². The number of carbonyl (C=O) groups excluding carboxylic acids is 1. The standard InChI is InChI=1S/C17H20F3NO3/c1-11-7-12(2)9-13(8-11)3-4-14(22)21-6-5-16(10-21,15(23)24)17(18,19)20/h7-9H,3-6,10H2,1-2H3,(H,23,24). The molecule has 1 atom stereocenters. The monoisotopic (exact) mass is 343 g/mol. The molecule has 1 aromatic carbocycles. The van der Waals surface area contributed by atoms with E-state index in [1.165, 1.54) is 0 Å². The molecule has 132 valence electrons. The summed E-state index contributed by atoms with van der Waals surface area (Å²) < 4.78 is 39.4. The molecule has 1 aliphatic rings. The van der Waals surface area contributed by atoms with E-state index in [-0.39, 0.29) is 13.0 Å². The molecule has 1 aromatic rings. The van der Waals surface area contributed by atoms with Crippen LogP contribution in [0.4, 0.5) is 13.2 Å². The van der Waals surface area contributed by atoms with Gasteiger partial charge in [-0.15, -0.1) is 0 Å². The number of amides is 1. The van der Waals surface area contributed by atoms with Crippen LogP contribution in [-0.2, 0) is 16.0 Å². The van der Waals surface area contributed by atoms with E-state index in [0.29, 0.717) is 6.42 Å². The SMILES string of the molecule is Cc1cc(C)cc(CCC(=O)N2CCC(C(=O)O)(C(F)(F)F)C2)c1. The minimum absolute atomic E-state index is 0.0659. The number of rotatable bonds is 4. The van der Waals surface area contributed by atoms with Crippen LogP contribution in [0, 0.1) is 19.3 Å². The summed E-state index contributed by atoms with van der Waals surface area (Å²) in [7, 11) is 0. The van der Waals surface area contributed by atoms with E-state index < -0.39 is 36.4 Å². The molecule has 0 radical (unpaired) electrons. The highest BCUT2D eigenvalue weighted by Crippen LogP contribution is 2.45. The van der Waals surface area contributed by atoms with E-state index in [0.717, 1.165) is 21.6 Å². The first-order valence-corrected chi connectivity index (χ1v) is 7.70. The molecule has 1 N–H and O–H groups in total. The summed E-state index contributed by atoms with van der Waals surface area (Å²) in [5.41, 5.74) is 0.212. The lowest BCUT2D eigenvalue weighted by Crippen LogP contribution is -2.47. The van der Waals surface area contributed by atoms with Gasteiger partial charge in [0, 0.05) is 19.5 Å². The third-order valence-corrected chi connectivity index (χ3v) is 4.48. The van der Waals surface area contributed by atoms with Crippen LogP contribution in [-0.4, -0.2) is 41.1 Å². The van der Waals surface area contributed by atoms with Gasteiger partial charge in [-0.05, 0) is 32.3 Å². The maximum Gasteiger partial charge on any atom is 0.406 e. The number of carbonyl (C=O) groups is 2. The average Bonchev–Trinajstić information content (AvgIpc) is 2.90. The zero-order valence-corrected chi connectivity index (χ0v) is 13.6. The summed E-state index contributed by atoms with van der Waals surface area (Å²) in [6, 6.07) is 5.86. The molecular weight excluding hydrogens is 323 g/mol. The fourth-order valence-corrected chi connectivity index (χ4v) is 3.17. The summed E-state index contributed by atoms with van der Waals surface area (Å²) in [5, 5.41) is 9.01. The Kier molecular flexibility index (Phi) is 4.92. The quantitative estimate of drug-likeness (QED) is 0.914. The molecule has 1 amide bonds. The van der Waals surface area contributed by atoms with Gasteiger partial charge in [-0.25, -0.2) is 0 Å². The molecule has 0 aromatic heterocycles. The molecule has 7 heteroatoms. The highest BCUT2D eigenvalue weighted by molar-refractivity contribution is 5.81. The molecule has 1 unspecified atom stereocenters. The van der Waals surface area contributed by atoms with E-state index >= 15 is 0 Å². The number of aliphatic carboxylic acids is 1. The van der Waals surface area contributed by atoms with Crippen LogP contribution in [0.3, 0.4) is 0 Å². The lowest BCUT2D eigenvalue weighted by molar-refractivity contribution is -0.227. The van der Waals surface area contributed by atoms with Crippen molar-refractivity contribution in [3.8, 4) is 0 Å². The van der Waals surface area contributed by atoms with Crippen LogP contribution >= 0.6 is 0 Å². The Labute approximate surface area is 138 Å². The van der Waals surface area contributed by atoms with Gasteiger partial charge >= 0.3 is 12.1 Å². The molecule has 0 bridgehead atoms. The Balaban J connectivity index is 2.03. The smallest absolute Gasteiger partial charge is 0.406 e. The number of benzene rings is 1. The molecule has 0 aliphatic carbocycles. The van der Waals surface area contributed by atoms with E-state index in [9.17, 15) is 22.8 Å². The van der Waals surface area contributed by atoms with Gasteiger partial charge in [-0.2, -0.15) is 13.2 Å². The van der Waals surface area contributed by atoms with Crippen LogP contribution < -0.4 is 0 Å². The van der Waals surface area contributed by atoms with Gasteiger partial charge in [0.15, 0.2) is 5.41 Å². The molecular formula is C17H20F3NO3. The molecule has 4 nitrogen and oxygen atoms in total. The topological polar surface area (TPSA) is 57.6 Å². The minimum atomic E-state index is -4.87. The van der Waals surface area contributed by atoms with Crippen LogP contribution in [0.2, 0.25) is 0 Å². The fraction of sp³-hybridized carbons (Fsp3) is 0.529. The molecule has 0 saturated carbocycles. The fourth-order valence-electron chi connectivity index (χ4n) is 3.17. The molecule has 24 heavy (non-hydrogen) atoms.